The molecule has 0 aromatic heterocycles. The summed E-state index contributed by atoms with van der Waals surface area (Å²) in [6, 6.07) is 0. The van der Waals surface area contributed by atoms with Gasteiger partial charge in [0.05, 0.1) is 5.41 Å². The molecular formula is C22H34O4. The van der Waals surface area contributed by atoms with E-state index < -0.39 is 16.6 Å². The molecular weight excluding hydrogens is 328 g/mol. The molecule has 0 amide bonds. The summed E-state index contributed by atoms with van der Waals surface area (Å²) in [6.07, 6.45) is 5.99. The fourth-order valence-electron chi connectivity index (χ4n) is 6.08. The molecule has 4 nitrogen and oxygen atoms in total. The van der Waals surface area contributed by atoms with E-state index >= 15 is 0 Å². The van der Waals surface area contributed by atoms with Gasteiger partial charge in [0.1, 0.15) is 11.2 Å². The molecule has 2 unspecified atom stereocenters. The minimum absolute atomic E-state index is 0.0373. The van der Waals surface area contributed by atoms with Gasteiger partial charge < -0.3 is 9.47 Å². The maximum absolute atomic E-state index is 13.2. The number of hydrogen-bond acceptors (Lipinski definition) is 4. The first-order valence-corrected chi connectivity index (χ1v) is 9.90. The molecule has 0 radical (unpaired) electrons. The highest BCUT2D eigenvalue weighted by atomic mass is 16.6. The second-order valence-corrected chi connectivity index (χ2v) is 10.6. The van der Waals surface area contributed by atoms with Gasteiger partial charge in [0.2, 0.25) is 0 Å². The van der Waals surface area contributed by atoms with E-state index in [4.69, 9.17) is 9.47 Å². The lowest BCUT2D eigenvalue weighted by atomic mass is 9.41. The highest BCUT2D eigenvalue weighted by Crippen LogP contribution is 2.69. The normalized spacial score (nSPS) is 35.9. The fraction of sp³-hybridized carbons (Fsp3) is 0.818. The van der Waals surface area contributed by atoms with Crippen LogP contribution in [0.25, 0.3) is 0 Å². The van der Waals surface area contributed by atoms with Crippen LogP contribution in [0.1, 0.15) is 80.1 Å². The Kier molecular flexibility index (Phi) is 4.36. The van der Waals surface area contributed by atoms with Crippen LogP contribution in [0, 0.1) is 22.7 Å². The molecule has 4 saturated carbocycles. The van der Waals surface area contributed by atoms with Crippen molar-refractivity contribution >= 4 is 11.8 Å². The van der Waals surface area contributed by atoms with E-state index in [0.717, 1.165) is 32.1 Å². The lowest BCUT2D eigenvalue weighted by Crippen LogP contribution is -2.62. The lowest BCUT2D eigenvalue weighted by molar-refractivity contribution is -0.218. The van der Waals surface area contributed by atoms with Gasteiger partial charge >= 0.3 is 5.97 Å². The smallest absolute Gasteiger partial charge is 0.312 e. The van der Waals surface area contributed by atoms with E-state index in [-0.39, 0.29) is 22.9 Å². The Hall–Kier alpha value is -1.32. The highest BCUT2D eigenvalue weighted by Gasteiger charge is 2.66. The largest absolute Gasteiger partial charge is 0.484 e. The number of allylic oxidation sites excluding steroid dienone is 1. The summed E-state index contributed by atoms with van der Waals surface area (Å²) in [5, 5.41) is 0. The van der Waals surface area contributed by atoms with Crippen molar-refractivity contribution in [3.8, 4) is 0 Å². The van der Waals surface area contributed by atoms with E-state index in [1.807, 2.05) is 20.8 Å². The van der Waals surface area contributed by atoms with Crippen LogP contribution in [0.15, 0.2) is 12.3 Å². The van der Waals surface area contributed by atoms with Crippen molar-refractivity contribution in [2.45, 2.75) is 91.3 Å². The van der Waals surface area contributed by atoms with Crippen molar-refractivity contribution in [1.82, 2.24) is 0 Å². The van der Waals surface area contributed by atoms with E-state index in [0.29, 0.717) is 11.8 Å². The Morgan fingerprint density at radius 2 is 1.50 bits per heavy atom. The van der Waals surface area contributed by atoms with Gasteiger partial charge in [-0.2, -0.15) is 0 Å². The minimum Gasteiger partial charge on any atom is -0.484 e. The molecule has 0 spiro atoms. The molecule has 4 rings (SSSR count). The molecule has 0 aliphatic heterocycles. The third-order valence-corrected chi connectivity index (χ3v) is 6.94. The monoisotopic (exact) mass is 362 g/mol. The van der Waals surface area contributed by atoms with Crippen LogP contribution in [0.4, 0.5) is 0 Å². The molecule has 4 heteroatoms. The number of ether oxygens (including phenoxy) is 2. The molecule has 0 saturated heterocycles. The number of hydrogen-bond donors (Lipinski definition) is 0. The molecule has 4 aliphatic carbocycles. The second-order valence-electron chi connectivity index (χ2n) is 10.6. The number of ketones is 1. The summed E-state index contributed by atoms with van der Waals surface area (Å²) in [4.78, 5) is 24.9. The van der Waals surface area contributed by atoms with Crippen LogP contribution in [0.2, 0.25) is 0 Å². The van der Waals surface area contributed by atoms with Crippen molar-refractivity contribution < 1.29 is 19.1 Å². The molecule has 0 heterocycles. The molecule has 0 aromatic rings. The molecule has 4 aliphatic rings. The quantitative estimate of drug-likeness (QED) is 0.400. The SMILES string of the molecule is C=C(OC(C)(C)C12CC3CC(CC(C(=O)OC(C)(C)C)(C3)C1)C2)C(C)=O. The summed E-state index contributed by atoms with van der Waals surface area (Å²) in [6.45, 7) is 15.2. The predicted octanol–water partition coefficient (Wildman–Crippen LogP) is 4.81. The van der Waals surface area contributed by atoms with Crippen LogP contribution in [-0.4, -0.2) is 23.0 Å². The van der Waals surface area contributed by atoms with Crippen molar-refractivity contribution in [1.29, 1.82) is 0 Å². The zero-order valence-electron chi connectivity index (χ0n) is 17.2. The Balaban J connectivity index is 1.91. The van der Waals surface area contributed by atoms with Crippen LogP contribution < -0.4 is 0 Å². The molecule has 146 valence electrons. The van der Waals surface area contributed by atoms with E-state index in [2.05, 4.69) is 20.4 Å². The van der Waals surface area contributed by atoms with Crippen LogP contribution in [-0.2, 0) is 19.1 Å². The number of carbonyl (C=O) groups excluding carboxylic acids is 2. The fourth-order valence-corrected chi connectivity index (χ4v) is 6.08. The Morgan fingerprint density at radius 1 is 0.962 bits per heavy atom. The molecule has 2 atom stereocenters. The maximum Gasteiger partial charge on any atom is 0.312 e. The van der Waals surface area contributed by atoms with Crippen LogP contribution in [0.3, 0.4) is 0 Å². The first kappa shape index (κ1) is 19.4. The minimum atomic E-state index is -0.527. The second kappa shape index (κ2) is 5.84. The number of rotatable bonds is 5. The van der Waals surface area contributed by atoms with Gasteiger partial charge in [-0.25, -0.2) is 0 Å². The van der Waals surface area contributed by atoms with Crippen molar-refractivity contribution in [3.63, 3.8) is 0 Å². The van der Waals surface area contributed by atoms with Gasteiger partial charge in [-0.05, 0) is 85.0 Å². The lowest BCUT2D eigenvalue weighted by Gasteiger charge is -2.65. The summed E-state index contributed by atoms with van der Waals surface area (Å²) >= 11 is 0. The molecule has 4 fully saturated rings. The average molecular weight is 363 g/mol. The molecule has 0 aromatic carbocycles. The summed E-state index contributed by atoms with van der Waals surface area (Å²) < 4.78 is 12.0. The van der Waals surface area contributed by atoms with Gasteiger partial charge in [0, 0.05) is 12.3 Å². The summed E-state index contributed by atoms with van der Waals surface area (Å²) in [5.74, 6) is 1.13. The third kappa shape index (κ3) is 3.20. The van der Waals surface area contributed by atoms with Gasteiger partial charge in [0.15, 0.2) is 11.5 Å². The molecule has 4 bridgehead atoms. The average Bonchev–Trinajstić information content (AvgIpc) is 2.43. The summed E-state index contributed by atoms with van der Waals surface area (Å²) in [7, 11) is 0. The first-order valence-electron chi connectivity index (χ1n) is 9.90. The summed E-state index contributed by atoms with van der Waals surface area (Å²) in [5.41, 5.74) is -1.49. The molecule has 26 heavy (non-hydrogen) atoms. The van der Waals surface area contributed by atoms with Crippen molar-refractivity contribution in [2.75, 3.05) is 0 Å². The zero-order chi connectivity index (χ0) is 19.5. The van der Waals surface area contributed by atoms with Gasteiger partial charge in [-0.3, -0.25) is 9.59 Å². The third-order valence-electron chi connectivity index (χ3n) is 6.94. The standard InChI is InChI=1S/C22H34O4/c1-14(23)15(2)25-20(6,7)22-11-16-8-17(12-22)10-21(9-16,13-22)18(24)26-19(3,4)5/h16-17H,2,8-13H2,1,3-7H3. The van der Waals surface area contributed by atoms with Crippen molar-refractivity contribution in [3.05, 3.63) is 12.3 Å². The Morgan fingerprint density at radius 3 is 1.96 bits per heavy atom. The van der Waals surface area contributed by atoms with Crippen molar-refractivity contribution in [2.24, 2.45) is 22.7 Å². The first-order chi connectivity index (χ1) is 11.8. The topological polar surface area (TPSA) is 52.6 Å². The number of carbonyl (C=O) groups is 2. The maximum atomic E-state index is 13.2. The van der Waals surface area contributed by atoms with Crippen LogP contribution in [0.5, 0.6) is 0 Å². The van der Waals surface area contributed by atoms with Gasteiger partial charge in [-0.15, -0.1) is 0 Å². The van der Waals surface area contributed by atoms with Gasteiger partial charge in [-0.1, -0.05) is 6.58 Å². The van der Waals surface area contributed by atoms with Gasteiger partial charge in [0.25, 0.3) is 0 Å². The number of Topliss-reactive ketones (excluding diaryl/α,β-unsaturated/α-hetero) is 1. The molecule has 0 N–H and O–H groups in total. The predicted molar refractivity (Wildman–Crippen MR) is 100 cm³/mol. The van der Waals surface area contributed by atoms with E-state index in [1.54, 1.807) is 0 Å². The van der Waals surface area contributed by atoms with Crippen LogP contribution >= 0.6 is 0 Å². The van der Waals surface area contributed by atoms with E-state index in [1.165, 1.54) is 13.3 Å². The Bertz CT molecular complexity index is 623. The Labute approximate surface area is 157 Å². The highest BCUT2D eigenvalue weighted by molar-refractivity contribution is 5.90. The number of esters is 1. The van der Waals surface area contributed by atoms with E-state index in [9.17, 15) is 9.59 Å². The zero-order valence-corrected chi connectivity index (χ0v) is 17.2.